The monoisotopic (exact) mass is 397 g/mol. The van der Waals surface area contributed by atoms with Crippen LogP contribution in [0.15, 0.2) is 36.4 Å². The number of benzene rings is 1. The molecule has 6 nitrogen and oxygen atoms in total. The van der Waals surface area contributed by atoms with Crippen molar-refractivity contribution in [1.29, 1.82) is 0 Å². The Morgan fingerprint density at radius 2 is 1.86 bits per heavy atom. The van der Waals surface area contributed by atoms with Gasteiger partial charge in [-0.15, -0.1) is 0 Å². The maximum atomic E-state index is 13.7. The molecule has 0 saturated carbocycles. The number of hydrogen-bond donors (Lipinski definition) is 2. The highest BCUT2D eigenvalue weighted by atomic mass is 16.5. The van der Waals surface area contributed by atoms with Gasteiger partial charge in [0.15, 0.2) is 0 Å². The number of rotatable bonds is 6. The molecule has 0 spiro atoms. The number of fused-ring (bicyclic) bond motifs is 1. The summed E-state index contributed by atoms with van der Waals surface area (Å²) in [5.74, 6) is 0.00854. The minimum Gasteiger partial charge on any atom is -0.464 e. The molecule has 1 aliphatic heterocycles. The van der Waals surface area contributed by atoms with Crippen molar-refractivity contribution in [1.82, 2.24) is 10.3 Å². The van der Waals surface area contributed by atoms with Crippen molar-refractivity contribution >= 4 is 17.6 Å². The molecule has 0 saturated heterocycles. The number of nitrogens with one attached hydrogen (secondary N) is 2. The molecule has 1 aliphatic rings. The summed E-state index contributed by atoms with van der Waals surface area (Å²) in [5.41, 5.74) is 3.00. The second-order valence-corrected chi connectivity index (χ2v) is 8.14. The molecule has 1 aromatic heterocycles. The zero-order chi connectivity index (χ0) is 21.1. The predicted octanol–water partition coefficient (Wildman–Crippen LogP) is 4.05. The second kappa shape index (κ2) is 8.82. The van der Waals surface area contributed by atoms with E-state index >= 15 is 0 Å². The van der Waals surface area contributed by atoms with Gasteiger partial charge in [-0.1, -0.05) is 64.4 Å². The minimum atomic E-state index is -0.439. The summed E-state index contributed by atoms with van der Waals surface area (Å²) in [7, 11) is 1.36. The van der Waals surface area contributed by atoms with Crippen molar-refractivity contribution < 1.29 is 14.3 Å². The van der Waals surface area contributed by atoms with Crippen LogP contribution in [0.25, 0.3) is 0 Å². The number of aromatic nitrogens is 1. The van der Waals surface area contributed by atoms with Gasteiger partial charge in [0.2, 0.25) is 5.91 Å². The van der Waals surface area contributed by atoms with Crippen LogP contribution in [-0.4, -0.2) is 30.0 Å². The number of hydrogen-bond acceptors (Lipinski definition) is 4. The molecule has 2 heterocycles. The molecule has 3 atom stereocenters. The first kappa shape index (κ1) is 21.1. The molecule has 2 N–H and O–H groups in total. The van der Waals surface area contributed by atoms with E-state index in [4.69, 9.17) is 4.74 Å². The van der Waals surface area contributed by atoms with E-state index in [1.807, 2.05) is 30.3 Å². The topological polar surface area (TPSA) is 74.4 Å². The number of carbonyl (C=O) groups is 2. The molecule has 0 fully saturated rings. The van der Waals surface area contributed by atoms with Crippen LogP contribution in [0.1, 0.15) is 61.9 Å². The molecule has 1 amide bonds. The number of aromatic amines is 1. The zero-order valence-electron chi connectivity index (χ0n) is 17.9. The Bertz CT molecular complexity index is 860. The normalized spacial score (nSPS) is 20.3. The molecule has 156 valence electrons. The van der Waals surface area contributed by atoms with Crippen LogP contribution in [-0.2, 0) is 16.1 Å². The first-order valence-corrected chi connectivity index (χ1v) is 10.3. The molecular weight excluding hydrogens is 366 g/mol. The van der Waals surface area contributed by atoms with E-state index in [0.29, 0.717) is 12.2 Å². The predicted molar refractivity (Wildman–Crippen MR) is 114 cm³/mol. The Balaban J connectivity index is 2.13. The number of esters is 1. The van der Waals surface area contributed by atoms with Gasteiger partial charge in [0.25, 0.3) is 0 Å². The summed E-state index contributed by atoms with van der Waals surface area (Å²) < 4.78 is 4.90. The van der Waals surface area contributed by atoms with Gasteiger partial charge < -0.3 is 14.6 Å². The fourth-order valence-electron chi connectivity index (χ4n) is 3.87. The van der Waals surface area contributed by atoms with Crippen molar-refractivity contribution in [2.45, 2.75) is 52.7 Å². The number of H-pyrrole nitrogens is 1. The summed E-state index contributed by atoms with van der Waals surface area (Å²) in [4.78, 5) is 30.9. The van der Waals surface area contributed by atoms with E-state index in [9.17, 15) is 9.59 Å². The van der Waals surface area contributed by atoms with Crippen LogP contribution >= 0.6 is 0 Å². The summed E-state index contributed by atoms with van der Waals surface area (Å²) in [6.45, 7) is 8.89. The van der Waals surface area contributed by atoms with Crippen LogP contribution in [0.2, 0.25) is 0 Å². The molecule has 0 bridgehead atoms. The van der Waals surface area contributed by atoms with Crippen LogP contribution in [0.4, 0.5) is 5.69 Å². The Labute approximate surface area is 172 Å². The lowest BCUT2D eigenvalue weighted by atomic mass is 9.95. The first-order valence-electron chi connectivity index (χ1n) is 10.3. The van der Waals surface area contributed by atoms with Crippen LogP contribution in [0.5, 0.6) is 0 Å². The van der Waals surface area contributed by atoms with Gasteiger partial charge in [0.1, 0.15) is 5.69 Å². The Morgan fingerprint density at radius 1 is 1.17 bits per heavy atom. The van der Waals surface area contributed by atoms with E-state index in [1.54, 1.807) is 11.0 Å². The van der Waals surface area contributed by atoms with Crippen LogP contribution in [0.3, 0.4) is 0 Å². The van der Waals surface area contributed by atoms with E-state index in [2.05, 4.69) is 38.0 Å². The molecule has 6 heteroatoms. The Kier molecular flexibility index (Phi) is 6.42. The lowest BCUT2D eigenvalue weighted by molar-refractivity contribution is -0.122. The van der Waals surface area contributed by atoms with Gasteiger partial charge in [-0.2, -0.15) is 0 Å². The van der Waals surface area contributed by atoms with Gasteiger partial charge in [-0.25, -0.2) is 4.79 Å². The Hall–Kier alpha value is -2.60. The standard InChI is InChI=1S/C23H31N3O3/c1-6-15(4)20-22(27)26(13-16-10-8-7-9-11-16)18-12-17(23(28)29-5)24-21(18)19(25-20)14(2)3/h7-12,14-15,19-20,24-25H,6,13H2,1-5H3/t15-,19+,20-/m0/s1. The van der Waals surface area contributed by atoms with Gasteiger partial charge in [0.05, 0.1) is 37.1 Å². The van der Waals surface area contributed by atoms with Gasteiger partial charge >= 0.3 is 5.97 Å². The van der Waals surface area contributed by atoms with E-state index in [0.717, 1.165) is 23.4 Å². The molecule has 29 heavy (non-hydrogen) atoms. The number of anilines is 1. The maximum absolute atomic E-state index is 13.7. The maximum Gasteiger partial charge on any atom is 0.354 e. The minimum absolute atomic E-state index is 0.0306. The first-order chi connectivity index (χ1) is 13.9. The SMILES string of the molecule is CC[C@H](C)[C@@H]1N[C@H](C(C)C)c2[nH]c(C(=O)OC)cc2N(Cc2ccccc2)C1=O. The fraction of sp³-hybridized carbons (Fsp3) is 0.478. The van der Waals surface area contributed by atoms with E-state index < -0.39 is 5.97 Å². The number of carbonyl (C=O) groups excluding carboxylic acids is 2. The quantitative estimate of drug-likeness (QED) is 0.721. The average Bonchev–Trinajstić information content (AvgIpc) is 3.12. The zero-order valence-corrected chi connectivity index (χ0v) is 17.9. The molecule has 1 aromatic carbocycles. The third-order valence-corrected chi connectivity index (χ3v) is 5.79. The van der Waals surface area contributed by atoms with Gasteiger partial charge in [-0.05, 0) is 23.5 Å². The highest BCUT2D eigenvalue weighted by Gasteiger charge is 2.39. The van der Waals surface area contributed by atoms with Crippen molar-refractivity contribution in [3.63, 3.8) is 0 Å². The molecule has 2 aromatic rings. The van der Waals surface area contributed by atoms with Gasteiger partial charge in [-0.3, -0.25) is 10.1 Å². The van der Waals surface area contributed by atoms with Crippen molar-refractivity contribution in [3.8, 4) is 0 Å². The molecule has 0 aliphatic carbocycles. The third-order valence-electron chi connectivity index (χ3n) is 5.79. The second-order valence-electron chi connectivity index (χ2n) is 8.14. The molecular formula is C23H31N3O3. The third kappa shape index (κ3) is 4.22. The molecule has 0 unspecified atom stereocenters. The van der Waals surface area contributed by atoms with Crippen molar-refractivity contribution in [2.24, 2.45) is 11.8 Å². The van der Waals surface area contributed by atoms with Crippen LogP contribution in [0, 0.1) is 11.8 Å². The van der Waals surface area contributed by atoms with Gasteiger partial charge in [0, 0.05) is 0 Å². The van der Waals surface area contributed by atoms with Crippen molar-refractivity contribution in [2.75, 3.05) is 12.0 Å². The summed E-state index contributed by atoms with van der Waals surface area (Å²) in [6.07, 6.45) is 0.898. The number of nitrogens with zero attached hydrogens (tertiary/aromatic N) is 1. The highest BCUT2D eigenvalue weighted by molar-refractivity contribution is 6.00. The smallest absolute Gasteiger partial charge is 0.354 e. The number of ether oxygens (including phenoxy) is 1. The number of methoxy groups -OCH3 is 1. The summed E-state index contributed by atoms with van der Waals surface area (Å²) in [6, 6.07) is 11.3. The number of amides is 1. The lowest BCUT2D eigenvalue weighted by Crippen LogP contribution is -2.49. The average molecular weight is 398 g/mol. The highest BCUT2D eigenvalue weighted by Crippen LogP contribution is 2.37. The molecule has 0 radical (unpaired) electrons. The lowest BCUT2D eigenvalue weighted by Gasteiger charge is -2.29. The largest absolute Gasteiger partial charge is 0.464 e. The van der Waals surface area contributed by atoms with E-state index in [1.165, 1.54) is 7.11 Å². The summed E-state index contributed by atoms with van der Waals surface area (Å²) in [5, 5.41) is 3.58. The van der Waals surface area contributed by atoms with Crippen LogP contribution < -0.4 is 10.2 Å². The fourth-order valence-corrected chi connectivity index (χ4v) is 3.87. The van der Waals surface area contributed by atoms with E-state index in [-0.39, 0.29) is 29.8 Å². The summed E-state index contributed by atoms with van der Waals surface area (Å²) >= 11 is 0. The molecule has 3 rings (SSSR count). The van der Waals surface area contributed by atoms with Crippen molar-refractivity contribution in [3.05, 3.63) is 53.3 Å². The Morgan fingerprint density at radius 3 is 2.45 bits per heavy atom.